The lowest BCUT2D eigenvalue weighted by Crippen LogP contribution is -2.11. The molecule has 3 aromatic carbocycles. The van der Waals surface area contributed by atoms with Crippen LogP contribution in [-0.2, 0) is 0 Å². The first-order chi connectivity index (χ1) is 14.0. The number of benzene rings is 3. The monoisotopic (exact) mass is 420 g/mol. The molecule has 1 heterocycles. The van der Waals surface area contributed by atoms with Crippen LogP contribution < -0.4 is 4.90 Å². The minimum atomic E-state index is 0.499. The van der Waals surface area contributed by atoms with Gasteiger partial charge < -0.3 is 10.1 Å². The van der Waals surface area contributed by atoms with Gasteiger partial charge in [0.2, 0.25) is 0 Å². The molecule has 1 aromatic heterocycles. The zero-order valence-electron chi connectivity index (χ0n) is 16.5. The molecule has 0 unspecified atom stereocenters. The van der Waals surface area contributed by atoms with Crippen molar-refractivity contribution < 1.29 is 5.21 Å². The van der Waals surface area contributed by atoms with Gasteiger partial charge >= 0.3 is 0 Å². The van der Waals surface area contributed by atoms with E-state index in [2.05, 4.69) is 41.2 Å². The summed E-state index contributed by atoms with van der Waals surface area (Å²) in [4.78, 5) is 3.03. The van der Waals surface area contributed by atoms with Crippen molar-refractivity contribution in [3.63, 3.8) is 0 Å². The summed E-state index contributed by atoms with van der Waals surface area (Å²) < 4.78 is 1.16. The lowest BCUT2D eigenvalue weighted by atomic mass is 10.0. The lowest BCUT2D eigenvalue weighted by molar-refractivity contribution is 0.319. The number of thiophene rings is 1. The third-order valence-electron chi connectivity index (χ3n) is 5.23. The number of halogens is 1. The molecular weight excluding hydrogens is 400 g/mol. The maximum Gasteiger partial charge on any atom is 0.128 e. The quantitative estimate of drug-likeness (QED) is 0.216. The number of oxime groups is 1. The molecule has 0 aliphatic carbocycles. The van der Waals surface area contributed by atoms with Crippen LogP contribution in [0.1, 0.15) is 21.6 Å². The van der Waals surface area contributed by atoms with Crippen LogP contribution in [0.5, 0.6) is 0 Å². The number of rotatable bonds is 4. The van der Waals surface area contributed by atoms with E-state index in [0.29, 0.717) is 16.3 Å². The number of anilines is 2. The second kappa shape index (κ2) is 7.90. The average Bonchev–Trinajstić information content (AvgIpc) is 3.06. The summed E-state index contributed by atoms with van der Waals surface area (Å²) in [6.07, 6.45) is 0. The molecule has 4 aromatic rings. The molecule has 1 N–H and O–H groups in total. The van der Waals surface area contributed by atoms with Crippen molar-refractivity contribution in [3.8, 4) is 0 Å². The maximum atomic E-state index is 9.83. The molecule has 0 spiro atoms. The molecule has 0 atom stereocenters. The number of fused-ring (bicyclic) bond motifs is 1. The van der Waals surface area contributed by atoms with Crippen molar-refractivity contribution in [1.82, 2.24) is 0 Å². The fraction of sp³-hybridized carbons (Fsp3) is 0.125. The molecule has 3 nitrogen and oxygen atoms in total. The third kappa shape index (κ3) is 3.50. The van der Waals surface area contributed by atoms with Crippen molar-refractivity contribution in [2.75, 3.05) is 11.9 Å². The number of para-hydroxylation sites is 1. The van der Waals surface area contributed by atoms with Gasteiger partial charge in [0.25, 0.3) is 0 Å². The summed E-state index contributed by atoms with van der Waals surface area (Å²) in [6, 6.07) is 22.3. The van der Waals surface area contributed by atoms with Gasteiger partial charge in [0.05, 0.1) is 9.90 Å². The maximum absolute atomic E-state index is 9.83. The summed E-state index contributed by atoms with van der Waals surface area (Å²) in [5, 5.41) is 15.2. The first-order valence-electron chi connectivity index (χ1n) is 9.31. The van der Waals surface area contributed by atoms with E-state index in [1.165, 1.54) is 10.9 Å². The largest absolute Gasteiger partial charge is 0.410 e. The summed E-state index contributed by atoms with van der Waals surface area (Å²) in [7, 11) is 2.02. The van der Waals surface area contributed by atoms with E-state index in [1.807, 2.05) is 56.4 Å². The average molecular weight is 421 g/mol. The molecule has 0 fully saturated rings. The molecule has 0 aliphatic heterocycles. The van der Waals surface area contributed by atoms with Crippen LogP contribution in [0.3, 0.4) is 0 Å². The highest BCUT2D eigenvalue weighted by Gasteiger charge is 2.19. The van der Waals surface area contributed by atoms with Crippen LogP contribution in [0.25, 0.3) is 10.1 Å². The van der Waals surface area contributed by atoms with Gasteiger partial charge in [-0.25, -0.2) is 0 Å². The van der Waals surface area contributed by atoms with E-state index in [9.17, 15) is 5.21 Å². The fourth-order valence-electron chi connectivity index (χ4n) is 3.61. The van der Waals surface area contributed by atoms with Crippen LogP contribution >= 0.6 is 22.9 Å². The molecule has 4 rings (SSSR count). The summed E-state index contributed by atoms with van der Waals surface area (Å²) >= 11 is 8.27. The zero-order chi connectivity index (χ0) is 20.5. The molecule has 0 radical (unpaired) electrons. The minimum Gasteiger partial charge on any atom is -0.410 e. The van der Waals surface area contributed by atoms with Crippen LogP contribution in [0, 0.1) is 13.8 Å². The summed E-state index contributed by atoms with van der Waals surface area (Å²) in [5.41, 5.74) is 5.58. The standard InChI is InChI=1S/C24H21ClN2OS/c1-15-8-4-6-10-21(15)27(3)17-12-13-19(20(25)14-17)23(26-28)24-16(2)18-9-5-7-11-22(18)29-24/h4-14,28H,1-3H3/b26-23+. The Balaban J connectivity index is 1.75. The molecule has 0 amide bonds. The minimum absolute atomic E-state index is 0.499. The Kier molecular flexibility index (Phi) is 5.31. The van der Waals surface area contributed by atoms with Crippen molar-refractivity contribution in [2.45, 2.75) is 13.8 Å². The first kappa shape index (κ1) is 19.5. The van der Waals surface area contributed by atoms with Crippen LogP contribution in [0.2, 0.25) is 5.02 Å². The molecule has 146 valence electrons. The van der Waals surface area contributed by atoms with E-state index < -0.39 is 0 Å². The second-order valence-corrected chi connectivity index (χ2v) is 8.47. The Morgan fingerprint density at radius 1 is 1.00 bits per heavy atom. The first-order valence-corrected chi connectivity index (χ1v) is 10.5. The molecule has 5 heteroatoms. The SMILES string of the molecule is Cc1ccccc1N(C)c1ccc(/C(=N\O)c2sc3ccccc3c2C)c(Cl)c1. The molecule has 29 heavy (non-hydrogen) atoms. The van der Waals surface area contributed by atoms with E-state index in [0.717, 1.165) is 26.5 Å². The lowest BCUT2D eigenvalue weighted by Gasteiger charge is -2.22. The van der Waals surface area contributed by atoms with E-state index in [1.54, 1.807) is 11.3 Å². The van der Waals surface area contributed by atoms with E-state index in [4.69, 9.17) is 11.6 Å². The molecule has 0 saturated carbocycles. The highest BCUT2D eigenvalue weighted by Crippen LogP contribution is 2.35. The van der Waals surface area contributed by atoms with Gasteiger partial charge in [0.1, 0.15) is 5.71 Å². The molecule has 0 saturated heterocycles. The summed E-state index contributed by atoms with van der Waals surface area (Å²) in [5.74, 6) is 0. The van der Waals surface area contributed by atoms with Crippen molar-refractivity contribution in [2.24, 2.45) is 5.16 Å². The van der Waals surface area contributed by atoms with E-state index in [-0.39, 0.29) is 0 Å². The van der Waals surface area contributed by atoms with Gasteiger partial charge in [0.15, 0.2) is 0 Å². The number of nitrogens with zero attached hydrogens (tertiary/aromatic N) is 2. The highest BCUT2D eigenvalue weighted by molar-refractivity contribution is 7.21. The Hall–Kier alpha value is -2.82. The second-order valence-electron chi connectivity index (χ2n) is 7.01. The zero-order valence-corrected chi connectivity index (χ0v) is 18.1. The van der Waals surface area contributed by atoms with Gasteiger partial charge in [0, 0.05) is 28.7 Å². The molecule has 0 aliphatic rings. The molecule has 0 bridgehead atoms. The fourth-order valence-corrected chi connectivity index (χ4v) is 5.08. The normalized spacial score (nSPS) is 11.8. The topological polar surface area (TPSA) is 35.8 Å². The van der Waals surface area contributed by atoms with Gasteiger partial charge in [-0.3, -0.25) is 0 Å². The Morgan fingerprint density at radius 2 is 1.72 bits per heavy atom. The van der Waals surface area contributed by atoms with Crippen molar-refractivity contribution in [3.05, 3.63) is 93.3 Å². The van der Waals surface area contributed by atoms with E-state index >= 15 is 0 Å². The smallest absolute Gasteiger partial charge is 0.128 e. The van der Waals surface area contributed by atoms with Gasteiger partial charge in [-0.2, -0.15) is 0 Å². The molecular formula is C24H21ClN2OS. The number of hydrogen-bond donors (Lipinski definition) is 1. The van der Waals surface area contributed by atoms with Gasteiger partial charge in [-0.1, -0.05) is 53.2 Å². The predicted molar refractivity (Wildman–Crippen MR) is 125 cm³/mol. The Labute approximate surface area is 179 Å². The Bertz CT molecular complexity index is 1230. The van der Waals surface area contributed by atoms with Crippen molar-refractivity contribution >= 4 is 50.1 Å². The van der Waals surface area contributed by atoms with Gasteiger partial charge in [-0.05, 0) is 60.7 Å². The van der Waals surface area contributed by atoms with Crippen molar-refractivity contribution in [1.29, 1.82) is 0 Å². The van der Waals surface area contributed by atoms with Crippen LogP contribution in [0.15, 0.2) is 71.9 Å². The van der Waals surface area contributed by atoms with Crippen LogP contribution in [-0.4, -0.2) is 18.0 Å². The van der Waals surface area contributed by atoms with Gasteiger partial charge in [-0.15, -0.1) is 11.3 Å². The predicted octanol–water partition coefficient (Wildman–Crippen LogP) is 7.17. The number of aryl methyl sites for hydroxylation is 2. The highest BCUT2D eigenvalue weighted by atomic mass is 35.5. The third-order valence-corrected chi connectivity index (χ3v) is 6.82. The van der Waals surface area contributed by atoms with Crippen LogP contribution in [0.4, 0.5) is 11.4 Å². The number of hydrogen-bond acceptors (Lipinski definition) is 4. The summed E-state index contributed by atoms with van der Waals surface area (Å²) in [6.45, 7) is 4.14. The Morgan fingerprint density at radius 3 is 2.41 bits per heavy atom.